The van der Waals surface area contributed by atoms with Crippen molar-refractivity contribution < 1.29 is 14.3 Å². The van der Waals surface area contributed by atoms with Gasteiger partial charge in [0.2, 0.25) is 0 Å². The van der Waals surface area contributed by atoms with Crippen molar-refractivity contribution in [1.29, 1.82) is 5.26 Å². The van der Waals surface area contributed by atoms with E-state index < -0.39 is 0 Å². The Morgan fingerprint density at radius 1 is 1.32 bits per heavy atom. The van der Waals surface area contributed by atoms with E-state index in [4.69, 9.17) is 14.5 Å². The number of ether oxygens (including phenoxy) is 2. The van der Waals surface area contributed by atoms with Gasteiger partial charge in [-0.05, 0) is 32.6 Å². The van der Waals surface area contributed by atoms with Crippen molar-refractivity contribution in [2.75, 3.05) is 50.5 Å². The van der Waals surface area contributed by atoms with Crippen LogP contribution in [0.3, 0.4) is 0 Å². The van der Waals surface area contributed by atoms with E-state index in [0.29, 0.717) is 31.7 Å². The molecule has 2 aliphatic heterocycles. The van der Waals surface area contributed by atoms with Gasteiger partial charge in [-0.15, -0.1) is 11.8 Å². The molecule has 1 saturated heterocycles. The molecule has 0 bridgehead atoms. The lowest BCUT2D eigenvalue weighted by Gasteiger charge is -2.39. The van der Waals surface area contributed by atoms with Gasteiger partial charge in [-0.25, -0.2) is 4.98 Å². The van der Waals surface area contributed by atoms with Gasteiger partial charge in [0, 0.05) is 38.2 Å². The third-order valence-corrected chi connectivity index (χ3v) is 5.88. The third-order valence-electron chi connectivity index (χ3n) is 5.20. The summed E-state index contributed by atoms with van der Waals surface area (Å²) in [6, 6.07) is 2.37. The molecular weight excluding hydrogens is 376 g/mol. The molecule has 3 rings (SSSR count). The molecule has 0 atom stereocenters. The fraction of sp³-hybridized carbons (Fsp3) is 0.650. The number of nitriles is 1. The summed E-state index contributed by atoms with van der Waals surface area (Å²) in [5, 5.41) is 10.5. The van der Waals surface area contributed by atoms with Crippen molar-refractivity contribution in [3.8, 4) is 6.07 Å². The van der Waals surface area contributed by atoms with Crippen LogP contribution in [-0.2, 0) is 27.3 Å². The maximum atomic E-state index is 11.7. The van der Waals surface area contributed by atoms with Crippen LogP contribution in [-0.4, -0.2) is 67.0 Å². The number of anilines is 1. The number of aromatic nitrogens is 1. The minimum absolute atomic E-state index is 0.176. The van der Waals surface area contributed by atoms with E-state index in [2.05, 4.69) is 29.7 Å². The van der Waals surface area contributed by atoms with Crippen molar-refractivity contribution in [2.24, 2.45) is 0 Å². The summed E-state index contributed by atoms with van der Waals surface area (Å²) in [5.41, 5.74) is 2.50. The maximum absolute atomic E-state index is 11.7. The predicted molar refractivity (Wildman–Crippen MR) is 109 cm³/mol. The average Bonchev–Trinajstić information content (AvgIpc) is 2.66. The molecule has 2 aliphatic rings. The highest BCUT2D eigenvalue weighted by molar-refractivity contribution is 7.98. The summed E-state index contributed by atoms with van der Waals surface area (Å²) < 4.78 is 11.1. The largest absolute Gasteiger partial charge is 0.465 e. The van der Waals surface area contributed by atoms with Crippen molar-refractivity contribution >= 4 is 23.5 Å². The first-order chi connectivity index (χ1) is 13.4. The van der Waals surface area contributed by atoms with Crippen LogP contribution in [0, 0.1) is 11.3 Å². The summed E-state index contributed by atoms with van der Waals surface area (Å²) in [6.07, 6.45) is 2.66. The van der Waals surface area contributed by atoms with Gasteiger partial charge in [0.25, 0.3) is 0 Å². The molecule has 1 fully saturated rings. The summed E-state index contributed by atoms with van der Waals surface area (Å²) in [4.78, 5) is 20.9. The molecule has 1 aromatic heterocycles. The predicted octanol–water partition coefficient (Wildman–Crippen LogP) is 2.21. The highest BCUT2D eigenvalue weighted by Gasteiger charge is 2.33. The SMILES string of the molecule is CCOC(=O)CN1CCN(c2nc(SC)c(C#N)c3c2COC(C)(C)C3)CC1. The summed E-state index contributed by atoms with van der Waals surface area (Å²) in [5.74, 6) is 0.745. The number of thioether (sulfide) groups is 1. The molecule has 0 amide bonds. The van der Waals surface area contributed by atoms with E-state index in [9.17, 15) is 10.1 Å². The van der Waals surface area contributed by atoms with Gasteiger partial charge in [0.05, 0.1) is 30.9 Å². The van der Waals surface area contributed by atoms with Crippen molar-refractivity contribution in [1.82, 2.24) is 9.88 Å². The van der Waals surface area contributed by atoms with E-state index >= 15 is 0 Å². The monoisotopic (exact) mass is 404 g/mol. The van der Waals surface area contributed by atoms with Crippen LogP contribution in [0.1, 0.15) is 37.5 Å². The Morgan fingerprint density at radius 2 is 2.04 bits per heavy atom. The molecule has 0 N–H and O–H groups in total. The summed E-state index contributed by atoms with van der Waals surface area (Å²) in [7, 11) is 0. The second-order valence-electron chi connectivity index (χ2n) is 7.68. The van der Waals surface area contributed by atoms with Crippen LogP contribution in [0.25, 0.3) is 0 Å². The molecular formula is C20H28N4O3S. The normalized spacial score (nSPS) is 19.0. The molecule has 28 heavy (non-hydrogen) atoms. The lowest BCUT2D eigenvalue weighted by atomic mass is 9.89. The number of rotatable bonds is 5. The van der Waals surface area contributed by atoms with Crippen LogP contribution >= 0.6 is 11.8 Å². The third kappa shape index (κ3) is 4.43. The molecule has 8 heteroatoms. The molecule has 0 spiro atoms. The lowest BCUT2D eigenvalue weighted by Crippen LogP contribution is -2.49. The van der Waals surface area contributed by atoms with E-state index in [1.807, 2.05) is 13.2 Å². The smallest absolute Gasteiger partial charge is 0.320 e. The van der Waals surface area contributed by atoms with E-state index in [1.165, 1.54) is 11.8 Å². The summed E-state index contributed by atoms with van der Waals surface area (Å²) >= 11 is 1.51. The van der Waals surface area contributed by atoms with Gasteiger partial charge in [-0.1, -0.05) is 0 Å². The zero-order chi connectivity index (χ0) is 20.3. The van der Waals surface area contributed by atoms with E-state index in [-0.39, 0.29) is 11.6 Å². The molecule has 1 aromatic rings. The van der Waals surface area contributed by atoms with Gasteiger partial charge in [0.1, 0.15) is 16.9 Å². The number of hydrogen-bond donors (Lipinski definition) is 0. The zero-order valence-corrected chi connectivity index (χ0v) is 17.9. The number of esters is 1. The number of carbonyl (C=O) groups excluding carboxylic acids is 1. The summed E-state index contributed by atoms with van der Waals surface area (Å²) in [6.45, 7) is 10.3. The first kappa shape index (κ1) is 20.9. The molecule has 0 radical (unpaired) electrons. The Labute approximate surface area is 171 Å². The first-order valence-corrected chi connectivity index (χ1v) is 10.9. The quantitative estimate of drug-likeness (QED) is 0.546. The molecule has 0 saturated carbocycles. The second-order valence-corrected chi connectivity index (χ2v) is 8.48. The lowest BCUT2D eigenvalue weighted by molar-refractivity contribution is -0.144. The number of nitrogens with zero attached hydrogens (tertiary/aromatic N) is 4. The van der Waals surface area contributed by atoms with Gasteiger partial charge in [0.15, 0.2) is 0 Å². The fourth-order valence-electron chi connectivity index (χ4n) is 3.76. The fourth-order valence-corrected chi connectivity index (χ4v) is 4.31. The van der Waals surface area contributed by atoms with Gasteiger partial charge in [-0.2, -0.15) is 5.26 Å². The maximum Gasteiger partial charge on any atom is 0.320 e. The molecule has 152 valence electrons. The molecule has 0 aromatic carbocycles. The van der Waals surface area contributed by atoms with Gasteiger partial charge in [-0.3, -0.25) is 9.69 Å². The minimum Gasteiger partial charge on any atom is -0.465 e. The van der Waals surface area contributed by atoms with Crippen LogP contribution in [0.2, 0.25) is 0 Å². The van der Waals surface area contributed by atoms with Crippen molar-refractivity contribution in [3.05, 3.63) is 16.7 Å². The molecule has 7 nitrogen and oxygen atoms in total. The highest BCUT2D eigenvalue weighted by Crippen LogP contribution is 2.38. The zero-order valence-electron chi connectivity index (χ0n) is 17.1. The minimum atomic E-state index is -0.286. The molecule has 3 heterocycles. The van der Waals surface area contributed by atoms with Gasteiger partial charge >= 0.3 is 5.97 Å². The van der Waals surface area contributed by atoms with Crippen LogP contribution < -0.4 is 4.90 Å². The molecule has 0 aliphatic carbocycles. The number of piperazine rings is 1. The van der Waals surface area contributed by atoms with Crippen LogP contribution in [0.15, 0.2) is 5.03 Å². The Morgan fingerprint density at radius 3 is 2.64 bits per heavy atom. The molecule has 0 unspecified atom stereocenters. The Hall–Kier alpha value is -1.82. The highest BCUT2D eigenvalue weighted by atomic mass is 32.2. The Bertz CT molecular complexity index is 783. The Balaban J connectivity index is 1.84. The average molecular weight is 405 g/mol. The van der Waals surface area contributed by atoms with Crippen LogP contribution in [0.4, 0.5) is 5.82 Å². The Kier molecular flexibility index (Phi) is 6.48. The van der Waals surface area contributed by atoms with Crippen LogP contribution in [0.5, 0.6) is 0 Å². The van der Waals surface area contributed by atoms with Gasteiger partial charge < -0.3 is 14.4 Å². The first-order valence-electron chi connectivity index (χ1n) is 9.65. The number of pyridine rings is 1. The second kappa shape index (κ2) is 8.68. The number of fused-ring (bicyclic) bond motifs is 1. The number of carbonyl (C=O) groups is 1. The topological polar surface area (TPSA) is 78.7 Å². The van der Waals surface area contributed by atoms with E-state index in [0.717, 1.165) is 48.1 Å². The standard InChI is InChI=1S/C20H28N4O3S/c1-5-26-17(25)12-23-6-8-24(9-7-23)18-16-13-27-20(2,3)10-14(16)15(11-21)19(22-18)28-4/h5-10,12-13H2,1-4H3. The van der Waals surface area contributed by atoms with E-state index in [1.54, 1.807) is 0 Å². The van der Waals surface area contributed by atoms with Crippen molar-refractivity contribution in [2.45, 2.75) is 44.4 Å². The van der Waals surface area contributed by atoms with Crippen molar-refractivity contribution in [3.63, 3.8) is 0 Å². The number of hydrogen-bond acceptors (Lipinski definition) is 8.